The van der Waals surface area contributed by atoms with Crippen molar-refractivity contribution in [3.8, 4) is 11.3 Å². The Labute approximate surface area is 161 Å². The molecule has 3 aromatic rings. The van der Waals surface area contributed by atoms with Crippen LogP contribution in [-0.2, 0) is 11.2 Å². The van der Waals surface area contributed by atoms with E-state index in [2.05, 4.69) is 15.2 Å². The SMILES string of the molecule is Cc1nc(/C=C/C(=O)N(C)CCCc2cc(-c3ccc(F)cc3)n[nH]2)cs1. The van der Waals surface area contributed by atoms with Crippen molar-refractivity contribution < 1.29 is 9.18 Å². The molecule has 2 aromatic heterocycles. The van der Waals surface area contributed by atoms with Crippen molar-refractivity contribution >= 4 is 23.3 Å². The number of halogens is 1. The summed E-state index contributed by atoms with van der Waals surface area (Å²) in [5.74, 6) is -0.307. The summed E-state index contributed by atoms with van der Waals surface area (Å²) in [4.78, 5) is 18.1. The van der Waals surface area contributed by atoms with Crippen molar-refractivity contribution in [3.05, 3.63) is 64.0 Å². The minimum Gasteiger partial charge on any atom is -0.342 e. The average molecular weight is 384 g/mol. The van der Waals surface area contributed by atoms with Crippen LogP contribution in [-0.4, -0.2) is 39.6 Å². The Morgan fingerprint density at radius 3 is 2.81 bits per heavy atom. The molecular formula is C20H21FN4OS. The number of carbonyl (C=O) groups excluding carboxylic acids is 1. The van der Waals surface area contributed by atoms with E-state index >= 15 is 0 Å². The highest BCUT2D eigenvalue weighted by Gasteiger charge is 2.07. The number of amides is 1. The van der Waals surface area contributed by atoms with Crippen molar-refractivity contribution in [2.24, 2.45) is 0 Å². The number of aryl methyl sites for hydroxylation is 2. The van der Waals surface area contributed by atoms with E-state index in [1.54, 1.807) is 47.6 Å². The smallest absolute Gasteiger partial charge is 0.246 e. The van der Waals surface area contributed by atoms with Gasteiger partial charge in [-0.1, -0.05) is 0 Å². The molecule has 0 atom stereocenters. The number of nitrogens with one attached hydrogen (secondary N) is 1. The van der Waals surface area contributed by atoms with Gasteiger partial charge in [0.15, 0.2) is 0 Å². The Kier molecular flexibility index (Phi) is 6.13. The molecule has 0 spiro atoms. The van der Waals surface area contributed by atoms with Crippen LogP contribution in [0, 0.1) is 12.7 Å². The van der Waals surface area contributed by atoms with Gasteiger partial charge < -0.3 is 4.90 Å². The van der Waals surface area contributed by atoms with Crippen LogP contribution < -0.4 is 0 Å². The highest BCUT2D eigenvalue weighted by molar-refractivity contribution is 7.09. The number of hydrogen-bond donors (Lipinski definition) is 1. The molecule has 3 rings (SSSR count). The zero-order chi connectivity index (χ0) is 19.2. The third-order valence-electron chi connectivity index (χ3n) is 4.12. The molecule has 0 saturated carbocycles. The molecule has 0 unspecified atom stereocenters. The highest BCUT2D eigenvalue weighted by atomic mass is 32.1. The molecule has 0 aliphatic heterocycles. The van der Waals surface area contributed by atoms with Crippen LogP contribution in [0.4, 0.5) is 4.39 Å². The van der Waals surface area contributed by atoms with Crippen molar-refractivity contribution in [2.45, 2.75) is 19.8 Å². The van der Waals surface area contributed by atoms with E-state index in [1.807, 2.05) is 18.4 Å². The second-order valence-electron chi connectivity index (χ2n) is 6.27. The normalized spacial score (nSPS) is 11.2. The Morgan fingerprint density at radius 1 is 1.33 bits per heavy atom. The average Bonchev–Trinajstić information content (AvgIpc) is 3.29. The molecule has 1 N–H and O–H groups in total. The second-order valence-corrected chi connectivity index (χ2v) is 7.34. The zero-order valence-electron chi connectivity index (χ0n) is 15.3. The van der Waals surface area contributed by atoms with Crippen molar-refractivity contribution in [3.63, 3.8) is 0 Å². The van der Waals surface area contributed by atoms with Gasteiger partial charge in [-0.25, -0.2) is 9.37 Å². The van der Waals surface area contributed by atoms with Crippen molar-refractivity contribution in [1.82, 2.24) is 20.1 Å². The maximum absolute atomic E-state index is 13.0. The van der Waals surface area contributed by atoms with Crippen LogP contribution in [0.15, 0.2) is 41.8 Å². The topological polar surface area (TPSA) is 61.9 Å². The fraction of sp³-hybridized carbons (Fsp3) is 0.250. The number of hydrogen-bond acceptors (Lipinski definition) is 4. The van der Waals surface area contributed by atoms with E-state index in [-0.39, 0.29) is 11.7 Å². The Bertz CT molecular complexity index is 930. The Balaban J connectivity index is 1.47. The largest absolute Gasteiger partial charge is 0.342 e. The molecule has 2 heterocycles. The van der Waals surface area contributed by atoms with Crippen LogP contribution >= 0.6 is 11.3 Å². The summed E-state index contributed by atoms with van der Waals surface area (Å²) in [6, 6.07) is 8.21. The molecule has 1 amide bonds. The standard InChI is InChI=1S/C20H21FN4OS/c1-14-22-18(13-27-14)9-10-20(26)25(2)11-3-4-17-12-19(24-23-17)15-5-7-16(21)8-6-15/h5-10,12-13H,3-4,11H2,1-2H3,(H,23,24)/b10-9+. The van der Waals surface area contributed by atoms with Crippen molar-refractivity contribution in [1.29, 1.82) is 0 Å². The van der Waals surface area contributed by atoms with Gasteiger partial charge in [0.1, 0.15) is 5.82 Å². The van der Waals surface area contributed by atoms with E-state index < -0.39 is 0 Å². The van der Waals surface area contributed by atoms with Gasteiger partial charge >= 0.3 is 0 Å². The molecule has 7 heteroatoms. The summed E-state index contributed by atoms with van der Waals surface area (Å²) in [5, 5.41) is 10.2. The van der Waals surface area contributed by atoms with E-state index in [1.165, 1.54) is 12.1 Å². The van der Waals surface area contributed by atoms with E-state index in [0.29, 0.717) is 6.54 Å². The van der Waals surface area contributed by atoms with Gasteiger partial charge in [0.25, 0.3) is 0 Å². The van der Waals surface area contributed by atoms with Gasteiger partial charge in [0.2, 0.25) is 5.91 Å². The van der Waals surface area contributed by atoms with Gasteiger partial charge in [-0.05, 0) is 56.2 Å². The lowest BCUT2D eigenvalue weighted by molar-refractivity contribution is -0.124. The second kappa shape index (κ2) is 8.73. The number of carbonyl (C=O) groups is 1. The summed E-state index contributed by atoms with van der Waals surface area (Å²) >= 11 is 1.56. The molecule has 140 valence electrons. The van der Waals surface area contributed by atoms with Gasteiger partial charge in [-0.3, -0.25) is 9.89 Å². The van der Waals surface area contributed by atoms with Crippen LogP contribution in [0.1, 0.15) is 22.8 Å². The van der Waals surface area contributed by atoms with Gasteiger partial charge in [0.05, 0.1) is 16.4 Å². The number of nitrogens with zero attached hydrogens (tertiary/aromatic N) is 3. The summed E-state index contributed by atoms with van der Waals surface area (Å²) in [5.41, 5.74) is 3.46. The minimum absolute atomic E-state index is 0.0442. The minimum atomic E-state index is -0.263. The third kappa shape index (κ3) is 5.34. The molecule has 0 saturated heterocycles. The Morgan fingerprint density at radius 2 is 2.11 bits per heavy atom. The summed E-state index contributed by atoms with van der Waals surface area (Å²) in [7, 11) is 1.79. The fourth-order valence-corrected chi connectivity index (χ4v) is 3.20. The number of aromatic nitrogens is 3. The lowest BCUT2D eigenvalue weighted by Gasteiger charge is -2.14. The zero-order valence-corrected chi connectivity index (χ0v) is 16.1. The van der Waals surface area contributed by atoms with Crippen LogP contribution in [0.2, 0.25) is 0 Å². The first kappa shape index (κ1) is 19.0. The molecule has 27 heavy (non-hydrogen) atoms. The monoisotopic (exact) mass is 384 g/mol. The van der Waals surface area contributed by atoms with E-state index in [9.17, 15) is 9.18 Å². The number of likely N-dealkylation sites (N-methyl/N-ethyl adjacent to an activating group) is 1. The van der Waals surface area contributed by atoms with Crippen LogP contribution in [0.3, 0.4) is 0 Å². The number of aromatic amines is 1. The lowest BCUT2D eigenvalue weighted by atomic mass is 10.1. The van der Waals surface area contributed by atoms with Crippen LogP contribution in [0.5, 0.6) is 0 Å². The van der Waals surface area contributed by atoms with E-state index in [4.69, 9.17) is 0 Å². The molecule has 0 aliphatic carbocycles. The number of rotatable bonds is 7. The molecular weight excluding hydrogens is 363 g/mol. The Hall–Kier alpha value is -2.80. The van der Waals surface area contributed by atoms with Crippen molar-refractivity contribution in [2.75, 3.05) is 13.6 Å². The predicted molar refractivity (Wildman–Crippen MR) is 106 cm³/mol. The summed E-state index contributed by atoms with van der Waals surface area (Å²) < 4.78 is 13.0. The number of H-pyrrole nitrogens is 1. The first-order chi connectivity index (χ1) is 13.0. The maximum atomic E-state index is 13.0. The molecule has 5 nitrogen and oxygen atoms in total. The lowest BCUT2D eigenvalue weighted by Crippen LogP contribution is -2.26. The predicted octanol–water partition coefficient (Wildman–Crippen LogP) is 4.09. The summed E-state index contributed by atoms with van der Waals surface area (Å²) in [6.45, 7) is 2.58. The quantitative estimate of drug-likeness (QED) is 0.624. The first-order valence-electron chi connectivity index (χ1n) is 8.67. The molecule has 0 bridgehead atoms. The first-order valence-corrected chi connectivity index (χ1v) is 9.55. The number of thiazole rings is 1. The van der Waals surface area contributed by atoms with Gasteiger partial charge in [-0.15, -0.1) is 11.3 Å². The van der Waals surface area contributed by atoms with Gasteiger partial charge in [0, 0.05) is 36.3 Å². The molecule has 0 radical (unpaired) electrons. The summed E-state index contributed by atoms with van der Waals surface area (Å²) in [6.07, 6.45) is 4.89. The molecule has 1 aromatic carbocycles. The maximum Gasteiger partial charge on any atom is 0.246 e. The third-order valence-corrected chi connectivity index (χ3v) is 4.91. The van der Waals surface area contributed by atoms with Crippen LogP contribution in [0.25, 0.3) is 17.3 Å². The number of benzene rings is 1. The van der Waals surface area contributed by atoms with Gasteiger partial charge in [-0.2, -0.15) is 5.10 Å². The molecule has 0 aliphatic rings. The molecule has 0 fully saturated rings. The van der Waals surface area contributed by atoms with E-state index in [0.717, 1.165) is 40.5 Å². The highest BCUT2D eigenvalue weighted by Crippen LogP contribution is 2.18. The fourth-order valence-electron chi connectivity index (χ4n) is 2.62.